The minimum atomic E-state index is -0.661. The second-order valence-corrected chi connectivity index (χ2v) is 8.07. The number of carbonyl (C=O) groups excluding carboxylic acids is 1. The summed E-state index contributed by atoms with van der Waals surface area (Å²) in [7, 11) is 0. The predicted molar refractivity (Wildman–Crippen MR) is 121 cm³/mol. The van der Waals surface area contributed by atoms with Crippen molar-refractivity contribution in [3.63, 3.8) is 0 Å². The number of amides is 1. The Labute approximate surface area is 186 Å². The van der Waals surface area contributed by atoms with Gasteiger partial charge in [0.1, 0.15) is 0 Å². The largest absolute Gasteiger partial charge is 0.352 e. The number of hydrogen-bond donors (Lipinski definition) is 3. The van der Waals surface area contributed by atoms with Crippen LogP contribution in [0.4, 0.5) is 17.3 Å². The summed E-state index contributed by atoms with van der Waals surface area (Å²) in [5.41, 5.74) is -0.525. The number of nitrogens with one attached hydrogen (secondary N) is 3. The van der Waals surface area contributed by atoms with E-state index in [2.05, 4.69) is 20.6 Å². The fourth-order valence-corrected chi connectivity index (χ4v) is 3.14. The Morgan fingerprint density at radius 3 is 2.61 bits per heavy atom. The Kier molecular flexibility index (Phi) is 6.77. The van der Waals surface area contributed by atoms with Crippen LogP contribution in [0.2, 0.25) is 10.0 Å². The molecule has 0 radical (unpaired) electrons. The molecule has 1 amide bonds. The number of non-ortho nitro benzene ring substituents is 1. The number of benzene rings is 2. The van der Waals surface area contributed by atoms with Crippen LogP contribution in [-0.2, 0) is 0 Å². The first-order valence-corrected chi connectivity index (χ1v) is 10.1. The molecule has 3 aromatic rings. The summed E-state index contributed by atoms with van der Waals surface area (Å²) in [6.45, 7) is 4.41. The van der Waals surface area contributed by atoms with Crippen molar-refractivity contribution in [3.05, 3.63) is 66.4 Å². The molecule has 0 fully saturated rings. The standard InChI is InChI=1S/C20H19Cl2N5O4/c1-10(2)5-6-23-18(28)13-8-12(27(30)31)9-14-17(13)25-20(26-19(14)29)24-11-3-4-15(21)16(22)7-11/h3-4,7-10H,5-6H2,1-2H3,(H,23,28)(H2,24,25,26,29). The Morgan fingerprint density at radius 1 is 1.23 bits per heavy atom. The fraction of sp³-hybridized carbons (Fsp3) is 0.250. The third-order valence-electron chi connectivity index (χ3n) is 4.44. The van der Waals surface area contributed by atoms with Gasteiger partial charge >= 0.3 is 0 Å². The third kappa shape index (κ3) is 5.31. The molecule has 2 aromatic carbocycles. The van der Waals surface area contributed by atoms with E-state index in [1.54, 1.807) is 18.2 Å². The van der Waals surface area contributed by atoms with Crippen LogP contribution < -0.4 is 16.2 Å². The molecule has 0 atom stereocenters. The molecule has 0 saturated carbocycles. The highest BCUT2D eigenvalue weighted by molar-refractivity contribution is 6.42. The van der Waals surface area contributed by atoms with Gasteiger partial charge in [-0.05, 0) is 30.5 Å². The van der Waals surface area contributed by atoms with Crippen molar-refractivity contribution >= 4 is 57.3 Å². The lowest BCUT2D eigenvalue weighted by atomic mass is 10.1. The number of H-pyrrole nitrogens is 1. The van der Waals surface area contributed by atoms with Gasteiger partial charge in [0.25, 0.3) is 17.2 Å². The first kappa shape index (κ1) is 22.5. The highest BCUT2D eigenvalue weighted by Crippen LogP contribution is 2.27. The van der Waals surface area contributed by atoms with Crippen LogP contribution in [-0.4, -0.2) is 27.3 Å². The molecule has 162 valence electrons. The van der Waals surface area contributed by atoms with Crippen LogP contribution in [0, 0.1) is 16.0 Å². The van der Waals surface area contributed by atoms with Gasteiger partial charge in [0, 0.05) is 24.4 Å². The van der Waals surface area contributed by atoms with Gasteiger partial charge < -0.3 is 10.6 Å². The maximum atomic E-state index is 12.7. The number of nitro groups is 1. The van der Waals surface area contributed by atoms with E-state index >= 15 is 0 Å². The maximum Gasteiger partial charge on any atom is 0.271 e. The quantitative estimate of drug-likeness (QED) is 0.345. The van der Waals surface area contributed by atoms with E-state index in [0.29, 0.717) is 28.2 Å². The molecular formula is C20H19Cl2N5O4. The van der Waals surface area contributed by atoms with Crippen molar-refractivity contribution in [3.8, 4) is 0 Å². The molecule has 3 rings (SSSR count). The summed E-state index contributed by atoms with van der Waals surface area (Å²) in [4.78, 5) is 42.8. The summed E-state index contributed by atoms with van der Waals surface area (Å²) < 4.78 is 0. The summed E-state index contributed by atoms with van der Waals surface area (Å²) >= 11 is 11.9. The molecule has 31 heavy (non-hydrogen) atoms. The smallest absolute Gasteiger partial charge is 0.271 e. The van der Waals surface area contributed by atoms with Crippen molar-refractivity contribution in [2.45, 2.75) is 20.3 Å². The summed E-state index contributed by atoms with van der Waals surface area (Å²) in [5.74, 6) is -0.140. The molecule has 3 N–H and O–H groups in total. The van der Waals surface area contributed by atoms with Crippen molar-refractivity contribution in [2.75, 3.05) is 11.9 Å². The topological polar surface area (TPSA) is 130 Å². The van der Waals surface area contributed by atoms with Crippen molar-refractivity contribution in [1.82, 2.24) is 15.3 Å². The molecule has 0 bridgehead atoms. The van der Waals surface area contributed by atoms with Gasteiger partial charge in [0.2, 0.25) is 5.95 Å². The highest BCUT2D eigenvalue weighted by atomic mass is 35.5. The van der Waals surface area contributed by atoms with Crippen LogP contribution in [0.5, 0.6) is 0 Å². The monoisotopic (exact) mass is 463 g/mol. The number of halogens is 2. The van der Waals surface area contributed by atoms with Crippen LogP contribution in [0.15, 0.2) is 35.1 Å². The van der Waals surface area contributed by atoms with E-state index in [-0.39, 0.29) is 28.1 Å². The number of anilines is 2. The van der Waals surface area contributed by atoms with Crippen molar-refractivity contribution in [2.24, 2.45) is 5.92 Å². The van der Waals surface area contributed by atoms with Gasteiger partial charge in [-0.25, -0.2) is 4.98 Å². The molecule has 0 aliphatic heterocycles. The Balaban J connectivity index is 2.07. The average Bonchev–Trinajstić information content (AvgIpc) is 2.69. The van der Waals surface area contributed by atoms with Gasteiger partial charge in [-0.3, -0.25) is 24.7 Å². The van der Waals surface area contributed by atoms with Crippen molar-refractivity contribution in [1.29, 1.82) is 0 Å². The Morgan fingerprint density at radius 2 is 1.97 bits per heavy atom. The van der Waals surface area contributed by atoms with E-state index in [9.17, 15) is 19.7 Å². The van der Waals surface area contributed by atoms with Crippen LogP contribution in [0.3, 0.4) is 0 Å². The lowest BCUT2D eigenvalue weighted by Crippen LogP contribution is -2.26. The van der Waals surface area contributed by atoms with Crippen LogP contribution >= 0.6 is 23.2 Å². The number of aromatic nitrogens is 2. The van der Waals surface area contributed by atoms with E-state index in [0.717, 1.165) is 18.6 Å². The lowest BCUT2D eigenvalue weighted by Gasteiger charge is -2.11. The second kappa shape index (κ2) is 9.32. The summed E-state index contributed by atoms with van der Waals surface area (Å²) in [5, 5.41) is 17.5. The average molecular weight is 464 g/mol. The number of nitrogens with zero attached hydrogens (tertiary/aromatic N) is 2. The Bertz CT molecular complexity index is 1230. The van der Waals surface area contributed by atoms with Gasteiger partial charge in [-0.15, -0.1) is 0 Å². The molecule has 0 saturated heterocycles. The molecule has 9 nitrogen and oxygen atoms in total. The molecule has 0 spiro atoms. The minimum absolute atomic E-state index is 0.0407. The highest BCUT2D eigenvalue weighted by Gasteiger charge is 2.20. The van der Waals surface area contributed by atoms with Gasteiger partial charge in [-0.2, -0.15) is 0 Å². The summed E-state index contributed by atoms with van der Waals surface area (Å²) in [6.07, 6.45) is 0.733. The number of rotatable bonds is 7. The van der Waals surface area contributed by atoms with Crippen LogP contribution in [0.25, 0.3) is 10.9 Å². The van der Waals surface area contributed by atoms with Gasteiger partial charge in [0.15, 0.2) is 0 Å². The predicted octanol–water partition coefficient (Wildman–Crippen LogP) is 4.66. The van der Waals surface area contributed by atoms with Crippen molar-refractivity contribution < 1.29 is 9.72 Å². The van der Waals surface area contributed by atoms with Gasteiger partial charge in [-0.1, -0.05) is 37.0 Å². The molecule has 11 heteroatoms. The van der Waals surface area contributed by atoms with E-state index in [1.165, 1.54) is 0 Å². The lowest BCUT2D eigenvalue weighted by molar-refractivity contribution is -0.384. The molecule has 1 heterocycles. The normalized spacial score (nSPS) is 11.0. The number of nitro benzene ring substituents is 1. The maximum absolute atomic E-state index is 12.7. The summed E-state index contributed by atoms with van der Waals surface area (Å²) in [6, 6.07) is 6.96. The molecule has 0 aliphatic rings. The number of aromatic amines is 1. The zero-order valence-corrected chi connectivity index (χ0v) is 18.2. The van der Waals surface area contributed by atoms with E-state index < -0.39 is 16.4 Å². The number of carbonyl (C=O) groups is 1. The van der Waals surface area contributed by atoms with E-state index in [4.69, 9.17) is 23.2 Å². The second-order valence-electron chi connectivity index (χ2n) is 7.25. The number of fused-ring (bicyclic) bond motifs is 1. The first-order valence-electron chi connectivity index (χ1n) is 9.38. The number of hydrogen-bond acceptors (Lipinski definition) is 6. The Hall–Kier alpha value is -3.17. The molecule has 1 aromatic heterocycles. The SMILES string of the molecule is CC(C)CCNC(=O)c1cc([N+](=O)[O-])cc2c(=O)[nH]c(Nc3ccc(Cl)c(Cl)c3)nc12. The molecule has 0 aliphatic carbocycles. The zero-order valence-electron chi connectivity index (χ0n) is 16.7. The first-order chi connectivity index (χ1) is 14.7. The molecular weight excluding hydrogens is 445 g/mol. The van der Waals surface area contributed by atoms with Crippen LogP contribution in [0.1, 0.15) is 30.6 Å². The van der Waals surface area contributed by atoms with E-state index in [1.807, 2.05) is 13.8 Å². The fourth-order valence-electron chi connectivity index (χ4n) is 2.85. The van der Waals surface area contributed by atoms with Gasteiger partial charge in [0.05, 0.1) is 31.4 Å². The molecule has 0 unspecified atom stereocenters. The zero-order chi connectivity index (χ0) is 22.7. The third-order valence-corrected chi connectivity index (χ3v) is 5.18. The minimum Gasteiger partial charge on any atom is -0.352 e.